The van der Waals surface area contributed by atoms with Crippen LogP contribution in [0.1, 0.15) is 13.3 Å². The lowest BCUT2D eigenvalue weighted by Crippen LogP contribution is -2.49. The van der Waals surface area contributed by atoms with Gasteiger partial charge in [-0.15, -0.1) is 0 Å². The molecule has 0 radical (unpaired) electrons. The topological polar surface area (TPSA) is 66.9 Å². The molecule has 0 spiro atoms. The predicted octanol–water partition coefficient (Wildman–Crippen LogP) is 1.68. The van der Waals surface area contributed by atoms with Crippen molar-refractivity contribution in [2.45, 2.75) is 25.4 Å². The summed E-state index contributed by atoms with van der Waals surface area (Å²) in [6.07, 6.45) is 0.511. The smallest absolute Gasteiger partial charge is 0.239 e. The number of carbonyl (C=O) groups is 1. The van der Waals surface area contributed by atoms with Crippen molar-refractivity contribution in [3.63, 3.8) is 0 Å². The minimum Gasteiger partial charge on any atom is -0.491 e. The molecule has 0 aliphatic carbocycles. The number of halogens is 1. The summed E-state index contributed by atoms with van der Waals surface area (Å²) < 4.78 is 28.8. The summed E-state index contributed by atoms with van der Waals surface area (Å²) in [5, 5.41) is 0.552. The normalized spacial score (nSPS) is 20.4. The summed E-state index contributed by atoms with van der Waals surface area (Å²) in [5.74, 6) is 0.749. The predicted molar refractivity (Wildman–Crippen MR) is 98.9 cm³/mol. The maximum atomic E-state index is 12.6. The van der Waals surface area contributed by atoms with E-state index < -0.39 is 9.84 Å². The van der Waals surface area contributed by atoms with Gasteiger partial charge in [-0.1, -0.05) is 23.7 Å². The molecule has 1 fully saturated rings. The van der Waals surface area contributed by atoms with Crippen LogP contribution in [0.15, 0.2) is 24.3 Å². The monoisotopic (exact) mass is 388 g/mol. The van der Waals surface area contributed by atoms with Crippen LogP contribution in [0.2, 0.25) is 5.02 Å². The zero-order valence-electron chi connectivity index (χ0n) is 14.8. The molecular formula is C17H25ClN2O4S. The van der Waals surface area contributed by atoms with Gasteiger partial charge in [-0.2, -0.15) is 0 Å². The van der Waals surface area contributed by atoms with Gasteiger partial charge >= 0.3 is 0 Å². The Morgan fingerprint density at radius 1 is 1.36 bits per heavy atom. The van der Waals surface area contributed by atoms with Gasteiger partial charge in [-0.3, -0.25) is 9.69 Å². The van der Waals surface area contributed by atoms with Crippen molar-refractivity contribution < 1.29 is 17.9 Å². The van der Waals surface area contributed by atoms with E-state index in [9.17, 15) is 13.2 Å². The molecule has 2 atom stereocenters. The molecule has 0 saturated carbocycles. The van der Waals surface area contributed by atoms with Crippen LogP contribution in [-0.4, -0.2) is 75.0 Å². The number of hydrogen-bond donors (Lipinski definition) is 0. The fourth-order valence-electron chi connectivity index (χ4n) is 2.80. The second kappa shape index (κ2) is 8.38. The van der Waals surface area contributed by atoms with Crippen LogP contribution in [-0.2, 0) is 14.6 Å². The molecule has 8 heteroatoms. The third-order valence-electron chi connectivity index (χ3n) is 4.66. The van der Waals surface area contributed by atoms with Crippen molar-refractivity contribution in [1.29, 1.82) is 0 Å². The third-order valence-corrected chi connectivity index (χ3v) is 6.72. The molecule has 2 rings (SSSR count). The van der Waals surface area contributed by atoms with E-state index in [1.807, 2.05) is 31.0 Å². The number of carbonyl (C=O) groups excluding carboxylic acids is 1. The molecule has 0 unspecified atom stereocenters. The molecule has 1 aromatic carbocycles. The van der Waals surface area contributed by atoms with Gasteiger partial charge < -0.3 is 9.64 Å². The number of benzene rings is 1. The van der Waals surface area contributed by atoms with Crippen LogP contribution in [0.25, 0.3) is 0 Å². The molecule has 6 nitrogen and oxygen atoms in total. The highest BCUT2D eigenvalue weighted by Gasteiger charge is 2.34. The third kappa shape index (κ3) is 5.33. The van der Waals surface area contributed by atoms with Gasteiger partial charge in [-0.25, -0.2) is 8.42 Å². The lowest BCUT2D eigenvalue weighted by molar-refractivity contribution is -0.136. The van der Waals surface area contributed by atoms with Gasteiger partial charge in [0.2, 0.25) is 5.91 Å². The SMILES string of the molecule is C[C@@H](C(=O)N(C)[C@H]1CCS(=O)(=O)C1)N(C)CCOc1ccccc1Cl. The van der Waals surface area contributed by atoms with Crippen molar-refractivity contribution in [3.05, 3.63) is 29.3 Å². The molecule has 1 aromatic rings. The molecular weight excluding hydrogens is 364 g/mol. The lowest BCUT2D eigenvalue weighted by Gasteiger charge is -2.31. The Hall–Kier alpha value is -1.31. The lowest BCUT2D eigenvalue weighted by atomic mass is 10.2. The molecule has 0 bridgehead atoms. The highest BCUT2D eigenvalue weighted by atomic mass is 35.5. The van der Waals surface area contributed by atoms with Gasteiger partial charge in [0.25, 0.3) is 0 Å². The molecule has 1 heterocycles. The number of hydrogen-bond acceptors (Lipinski definition) is 5. The van der Waals surface area contributed by atoms with Crippen molar-refractivity contribution >= 4 is 27.3 Å². The maximum absolute atomic E-state index is 12.6. The Balaban J connectivity index is 1.83. The fourth-order valence-corrected chi connectivity index (χ4v) is 4.76. The fraction of sp³-hybridized carbons (Fsp3) is 0.588. The Morgan fingerprint density at radius 2 is 2.04 bits per heavy atom. The first-order chi connectivity index (χ1) is 11.7. The molecule has 1 amide bonds. The molecule has 1 aliphatic heterocycles. The molecule has 1 aliphatic rings. The number of likely N-dealkylation sites (N-methyl/N-ethyl adjacent to an activating group) is 2. The van der Waals surface area contributed by atoms with Crippen LogP contribution in [0, 0.1) is 0 Å². The quantitative estimate of drug-likeness (QED) is 0.711. The highest BCUT2D eigenvalue weighted by Crippen LogP contribution is 2.23. The van der Waals surface area contributed by atoms with Crippen LogP contribution < -0.4 is 4.74 Å². The van der Waals surface area contributed by atoms with Crippen molar-refractivity contribution in [2.24, 2.45) is 0 Å². The number of sulfone groups is 1. The van der Waals surface area contributed by atoms with Crippen molar-refractivity contribution in [3.8, 4) is 5.75 Å². The second-order valence-corrected chi connectivity index (χ2v) is 9.08. The van der Waals surface area contributed by atoms with Crippen LogP contribution in [0.4, 0.5) is 0 Å². The van der Waals surface area contributed by atoms with Gasteiger partial charge in [0.05, 0.1) is 22.6 Å². The van der Waals surface area contributed by atoms with Crippen LogP contribution in [0.3, 0.4) is 0 Å². The summed E-state index contributed by atoms with van der Waals surface area (Å²) >= 11 is 6.04. The average Bonchev–Trinajstić information content (AvgIpc) is 2.94. The van der Waals surface area contributed by atoms with Gasteiger partial charge in [-0.05, 0) is 32.5 Å². The van der Waals surface area contributed by atoms with E-state index >= 15 is 0 Å². The van der Waals surface area contributed by atoms with E-state index in [2.05, 4.69) is 0 Å². The largest absolute Gasteiger partial charge is 0.491 e. The Kier molecular flexibility index (Phi) is 6.71. The first kappa shape index (κ1) is 20.0. The van der Waals surface area contributed by atoms with E-state index in [4.69, 9.17) is 16.3 Å². The standard InChI is InChI=1S/C17H25ClN2O4S/c1-13(17(21)20(3)14-8-11-25(22,23)12-14)19(2)9-10-24-16-7-5-4-6-15(16)18/h4-7,13-14H,8-12H2,1-3H3/t13-,14-/m0/s1. The number of ether oxygens (including phenoxy) is 1. The number of nitrogens with zero attached hydrogens (tertiary/aromatic N) is 2. The van der Waals surface area contributed by atoms with Crippen LogP contribution in [0.5, 0.6) is 5.75 Å². The van der Waals surface area contributed by atoms with E-state index in [1.165, 1.54) is 0 Å². The summed E-state index contributed by atoms with van der Waals surface area (Å²) in [7, 11) is 0.515. The molecule has 0 N–H and O–H groups in total. The summed E-state index contributed by atoms with van der Waals surface area (Å²) in [6, 6.07) is 6.65. The van der Waals surface area contributed by atoms with Gasteiger partial charge in [0.1, 0.15) is 12.4 Å². The molecule has 1 saturated heterocycles. The number of para-hydroxylation sites is 1. The second-order valence-electron chi connectivity index (χ2n) is 6.44. The van der Waals surface area contributed by atoms with Crippen molar-refractivity contribution in [1.82, 2.24) is 9.80 Å². The maximum Gasteiger partial charge on any atom is 0.239 e. The molecule has 25 heavy (non-hydrogen) atoms. The minimum atomic E-state index is -3.01. The summed E-state index contributed by atoms with van der Waals surface area (Å²) in [4.78, 5) is 16.1. The highest BCUT2D eigenvalue weighted by molar-refractivity contribution is 7.91. The molecule has 0 aromatic heterocycles. The first-order valence-corrected chi connectivity index (χ1v) is 10.5. The summed E-state index contributed by atoms with van der Waals surface area (Å²) in [6.45, 7) is 2.77. The minimum absolute atomic E-state index is 0.0568. The van der Waals surface area contributed by atoms with E-state index in [1.54, 1.807) is 24.1 Å². The van der Waals surface area contributed by atoms with Crippen molar-refractivity contribution in [2.75, 3.05) is 38.8 Å². The van der Waals surface area contributed by atoms with E-state index in [0.29, 0.717) is 30.3 Å². The van der Waals surface area contributed by atoms with E-state index in [0.717, 1.165) is 0 Å². The van der Waals surface area contributed by atoms with E-state index in [-0.39, 0.29) is 29.5 Å². The van der Waals surface area contributed by atoms with Gasteiger partial charge in [0, 0.05) is 19.6 Å². The number of rotatable bonds is 7. The molecule has 140 valence electrons. The Labute approximate surface area is 154 Å². The zero-order chi connectivity index (χ0) is 18.6. The summed E-state index contributed by atoms with van der Waals surface area (Å²) in [5.41, 5.74) is 0. The van der Waals surface area contributed by atoms with Gasteiger partial charge in [0.15, 0.2) is 9.84 Å². The first-order valence-electron chi connectivity index (χ1n) is 8.26. The Bertz CT molecular complexity index is 710. The number of amides is 1. The van der Waals surface area contributed by atoms with Crippen LogP contribution >= 0.6 is 11.6 Å². The average molecular weight is 389 g/mol. The zero-order valence-corrected chi connectivity index (χ0v) is 16.4. The Morgan fingerprint density at radius 3 is 2.64 bits per heavy atom.